The number of amides is 1. The van der Waals surface area contributed by atoms with Gasteiger partial charge < -0.3 is 4.52 Å². The van der Waals surface area contributed by atoms with Gasteiger partial charge in [0, 0.05) is 17.1 Å². The molecule has 2 aromatic rings. The lowest BCUT2D eigenvalue weighted by molar-refractivity contribution is -0.118. The third-order valence-corrected chi connectivity index (χ3v) is 3.39. The van der Waals surface area contributed by atoms with E-state index in [1.54, 1.807) is 19.9 Å². The Kier molecular flexibility index (Phi) is 4.98. The van der Waals surface area contributed by atoms with Crippen molar-refractivity contribution in [3.63, 3.8) is 0 Å². The molecule has 5 nitrogen and oxygen atoms in total. The molecule has 0 fully saturated rings. The Labute approximate surface area is 128 Å². The number of halogens is 1. The van der Waals surface area contributed by atoms with Crippen molar-refractivity contribution in [1.29, 1.82) is 0 Å². The van der Waals surface area contributed by atoms with Gasteiger partial charge in [-0.15, -0.1) is 0 Å². The van der Waals surface area contributed by atoms with Gasteiger partial charge >= 0.3 is 0 Å². The number of benzene rings is 1. The number of nitrogens with one attached hydrogen (secondary N) is 2. The van der Waals surface area contributed by atoms with Crippen LogP contribution in [0.4, 0.5) is 5.88 Å². The largest absolute Gasteiger partial charge is 0.338 e. The average molecular weight is 308 g/mol. The zero-order valence-electron chi connectivity index (χ0n) is 12.2. The third-order valence-electron chi connectivity index (χ3n) is 3.14. The van der Waals surface area contributed by atoms with Crippen LogP contribution in [0.2, 0.25) is 5.02 Å². The Balaban J connectivity index is 1.92. The monoisotopic (exact) mass is 307 g/mol. The lowest BCUT2D eigenvalue weighted by Crippen LogP contribution is -2.39. The highest BCUT2D eigenvalue weighted by Gasteiger charge is 2.17. The van der Waals surface area contributed by atoms with E-state index in [0.717, 1.165) is 11.3 Å². The first-order valence-corrected chi connectivity index (χ1v) is 7.09. The molecule has 0 aliphatic carbocycles. The van der Waals surface area contributed by atoms with E-state index >= 15 is 0 Å². The van der Waals surface area contributed by atoms with Crippen molar-refractivity contribution in [2.24, 2.45) is 0 Å². The molecule has 0 saturated carbocycles. The number of anilines is 1. The van der Waals surface area contributed by atoms with Gasteiger partial charge in [-0.25, -0.2) is 0 Å². The van der Waals surface area contributed by atoms with Crippen LogP contribution in [0.5, 0.6) is 0 Å². The highest BCUT2D eigenvalue weighted by molar-refractivity contribution is 6.30. The van der Waals surface area contributed by atoms with Gasteiger partial charge in [-0.2, -0.15) is 0 Å². The van der Waals surface area contributed by atoms with Crippen LogP contribution in [0.1, 0.15) is 31.1 Å². The molecule has 0 saturated heterocycles. The van der Waals surface area contributed by atoms with E-state index < -0.39 is 0 Å². The van der Waals surface area contributed by atoms with Crippen LogP contribution in [0, 0.1) is 6.92 Å². The number of carbonyl (C=O) groups excluding carboxylic acids is 1. The Hall–Kier alpha value is -1.85. The second kappa shape index (κ2) is 6.74. The maximum absolute atomic E-state index is 12.1. The number of rotatable bonds is 5. The molecular formula is C15H18ClN3O2. The van der Waals surface area contributed by atoms with Crippen LogP contribution in [0.3, 0.4) is 0 Å². The van der Waals surface area contributed by atoms with Crippen molar-refractivity contribution in [2.75, 3.05) is 5.32 Å². The minimum absolute atomic E-state index is 0.0273. The molecular weight excluding hydrogens is 290 g/mol. The summed E-state index contributed by atoms with van der Waals surface area (Å²) in [5, 5.41) is 10.3. The van der Waals surface area contributed by atoms with E-state index in [1.807, 2.05) is 31.2 Å². The molecule has 2 N–H and O–H groups in total. The fourth-order valence-corrected chi connectivity index (χ4v) is 2.08. The van der Waals surface area contributed by atoms with Gasteiger partial charge in [-0.1, -0.05) is 28.9 Å². The van der Waals surface area contributed by atoms with E-state index in [1.165, 1.54) is 0 Å². The van der Waals surface area contributed by atoms with Crippen LogP contribution in [-0.4, -0.2) is 17.1 Å². The van der Waals surface area contributed by atoms with E-state index in [-0.39, 0.29) is 18.0 Å². The predicted octanol–water partition coefficient (Wildman–Crippen LogP) is 3.31. The van der Waals surface area contributed by atoms with Gasteiger partial charge in [0.05, 0.1) is 11.7 Å². The summed E-state index contributed by atoms with van der Waals surface area (Å²) in [6.07, 6.45) is 0. The van der Waals surface area contributed by atoms with Gasteiger partial charge in [-0.3, -0.25) is 15.4 Å². The molecule has 1 amide bonds. The number of hydrogen-bond donors (Lipinski definition) is 2. The molecule has 1 heterocycles. The topological polar surface area (TPSA) is 67.2 Å². The molecule has 21 heavy (non-hydrogen) atoms. The zero-order chi connectivity index (χ0) is 15.4. The molecule has 1 aromatic heterocycles. The summed E-state index contributed by atoms with van der Waals surface area (Å²) < 4.78 is 4.96. The van der Waals surface area contributed by atoms with Crippen molar-refractivity contribution in [3.8, 4) is 0 Å². The summed E-state index contributed by atoms with van der Waals surface area (Å²) in [7, 11) is 0. The number of aryl methyl sites for hydroxylation is 1. The predicted molar refractivity (Wildman–Crippen MR) is 82.3 cm³/mol. The first-order chi connectivity index (χ1) is 9.95. The molecule has 0 bridgehead atoms. The van der Waals surface area contributed by atoms with E-state index in [9.17, 15) is 4.79 Å². The number of nitrogens with zero attached hydrogens (tertiary/aromatic N) is 1. The van der Waals surface area contributed by atoms with Gasteiger partial charge in [0.15, 0.2) is 0 Å². The highest BCUT2D eigenvalue weighted by atomic mass is 35.5. The standard InChI is InChI=1S/C15H18ClN3O2/c1-9-8-14(21-19-9)18-15(20)11(3)17-10(2)12-4-6-13(16)7-5-12/h4-8,10-11,17H,1-3H3,(H,18,20)/t10-,11-/m0/s1. The van der Waals surface area contributed by atoms with Gasteiger partial charge in [0.1, 0.15) is 0 Å². The smallest absolute Gasteiger partial charge is 0.243 e. The lowest BCUT2D eigenvalue weighted by Gasteiger charge is -2.19. The Morgan fingerprint density at radius 3 is 2.52 bits per heavy atom. The molecule has 0 radical (unpaired) electrons. The molecule has 112 valence electrons. The molecule has 1 aromatic carbocycles. The van der Waals surface area contributed by atoms with Gasteiger partial charge in [0.25, 0.3) is 0 Å². The summed E-state index contributed by atoms with van der Waals surface area (Å²) in [5.41, 5.74) is 1.79. The summed E-state index contributed by atoms with van der Waals surface area (Å²) in [4.78, 5) is 12.1. The normalized spacial score (nSPS) is 13.7. The number of hydrogen-bond acceptors (Lipinski definition) is 4. The maximum Gasteiger partial charge on any atom is 0.243 e. The summed E-state index contributed by atoms with van der Waals surface area (Å²) in [6.45, 7) is 5.58. The number of aromatic nitrogens is 1. The van der Waals surface area contributed by atoms with Crippen molar-refractivity contribution >= 4 is 23.4 Å². The molecule has 0 unspecified atom stereocenters. The fraction of sp³-hybridized carbons (Fsp3) is 0.333. The summed E-state index contributed by atoms with van der Waals surface area (Å²) in [5.74, 6) is 0.178. The van der Waals surface area contributed by atoms with E-state index in [0.29, 0.717) is 10.9 Å². The quantitative estimate of drug-likeness (QED) is 0.889. The average Bonchev–Trinajstić information content (AvgIpc) is 2.84. The second-order valence-electron chi connectivity index (χ2n) is 4.98. The van der Waals surface area contributed by atoms with Crippen LogP contribution in [-0.2, 0) is 4.79 Å². The van der Waals surface area contributed by atoms with Crippen LogP contribution in [0.15, 0.2) is 34.9 Å². The highest BCUT2D eigenvalue weighted by Crippen LogP contribution is 2.17. The molecule has 2 atom stereocenters. The van der Waals surface area contributed by atoms with Crippen LogP contribution in [0.25, 0.3) is 0 Å². The van der Waals surface area contributed by atoms with Gasteiger partial charge in [0.2, 0.25) is 11.8 Å². The minimum Gasteiger partial charge on any atom is -0.338 e. The van der Waals surface area contributed by atoms with Gasteiger partial charge in [-0.05, 0) is 38.5 Å². The second-order valence-corrected chi connectivity index (χ2v) is 5.42. The fourth-order valence-electron chi connectivity index (χ4n) is 1.95. The number of carbonyl (C=O) groups is 1. The SMILES string of the molecule is Cc1cc(NC(=O)[C@H](C)N[C@@H](C)c2ccc(Cl)cc2)on1. The van der Waals surface area contributed by atoms with E-state index in [2.05, 4.69) is 15.8 Å². The maximum atomic E-state index is 12.1. The van der Waals surface area contributed by atoms with Crippen LogP contribution < -0.4 is 10.6 Å². The Morgan fingerprint density at radius 2 is 1.95 bits per heavy atom. The molecule has 2 rings (SSSR count). The zero-order valence-corrected chi connectivity index (χ0v) is 12.9. The molecule has 0 aliphatic rings. The third kappa shape index (κ3) is 4.31. The summed E-state index contributed by atoms with van der Waals surface area (Å²) >= 11 is 5.86. The van der Waals surface area contributed by atoms with E-state index in [4.69, 9.17) is 16.1 Å². The lowest BCUT2D eigenvalue weighted by atomic mass is 10.1. The van der Waals surface area contributed by atoms with Crippen LogP contribution >= 0.6 is 11.6 Å². The van der Waals surface area contributed by atoms with Crippen molar-refractivity contribution in [1.82, 2.24) is 10.5 Å². The first kappa shape index (κ1) is 15.5. The molecule has 0 spiro atoms. The summed E-state index contributed by atoms with van der Waals surface area (Å²) in [6, 6.07) is 8.86. The minimum atomic E-state index is -0.374. The molecule has 0 aliphatic heterocycles. The van der Waals surface area contributed by atoms with Crippen molar-refractivity contribution in [3.05, 3.63) is 46.6 Å². The Morgan fingerprint density at radius 1 is 1.29 bits per heavy atom. The Bertz CT molecular complexity index is 610. The van der Waals surface area contributed by atoms with Crippen molar-refractivity contribution < 1.29 is 9.32 Å². The molecule has 6 heteroatoms. The van der Waals surface area contributed by atoms with Crippen molar-refractivity contribution in [2.45, 2.75) is 32.9 Å². The first-order valence-electron chi connectivity index (χ1n) is 6.71.